The molecule has 1 atom stereocenters. The fraction of sp³-hybridized carbons (Fsp3) is 0.789. The number of likely N-dealkylation sites (N-methyl/N-ethyl adjacent to an activating group) is 1. The molecular weight excluding hydrogens is 272 g/mol. The van der Waals surface area contributed by atoms with Crippen LogP contribution >= 0.6 is 0 Å². The molecule has 0 rings (SSSR count). The molecule has 0 radical (unpaired) electrons. The Kier molecular flexibility index (Phi) is 12.3. The monoisotopic (exact) mass is 312 g/mol. The van der Waals surface area contributed by atoms with Crippen molar-refractivity contribution in [1.29, 1.82) is 0 Å². The van der Waals surface area contributed by atoms with Gasteiger partial charge in [0.25, 0.3) is 0 Å². The van der Waals surface area contributed by atoms with E-state index >= 15 is 0 Å². The van der Waals surface area contributed by atoms with Crippen molar-refractivity contribution in [1.82, 2.24) is 9.80 Å². The first-order valence-electron chi connectivity index (χ1n) is 8.32. The van der Waals surface area contributed by atoms with Gasteiger partial charge in [0.1, 0.15) is 6.61 Å². The molecule has 0 saturated heterocycles. The Labute approximate surface area is 140 Å². The highest BCUT2D eigenvalue weighted by Gasteiger charge is 2.20. The molecule has 0 aliphatic rings. The summed E-state index contributed by atoms with van der Waals surface area (Å²) in [5, 5.41) is 0. The molecule has 0 heterocycles. The predicted octanol–water partition coefficient (Wildman–Crippen LogP) is 4.62. The van der Waals surface area contributed by atoms with Crippen molar-refractivity contribution in [2.75, 3.05) is 41.3 Å². The summed E-state index contributed by atoms with van der Waals surface area (Å²) in [5.74, 6) is 1.52. The summed E-state index contributed by atoms with van der Waals surface area (Å²) < 4.78 is 5.57. The van der Waals surface area contributed by atoms with Gasteiger partial charge >= 0.3 is 0 Å². The third-order valence-corrected chi connectivity index (χ3v) is 4.21. The summed E-state index contributed by atoms with van der Waals surface area (Å²) in [7, 11) is 8.15. The van der Waals surface area contributed by atoms with E-state index in [9.17, 15) is 0 Å². The van der Waals surface area contributed by atoms with Gasteiger partial charge in [-0.1, -0.05) is 47.8 Å². The maximum Gasteiger partial charge on any atom is 0.100 e. The predicted molar refractivity (Wildman–Crippen MR) is 100 cm³/mol. The molecule has 0 spiro atoms. The Hall–Kier alpha value is -0.960. The lowest BCUT2D eigenvalue weighted by atomic mass is 9.88. The Bertz CT molecular complexity index is 319. The van der Waals surface area contributed by atoms with E-state index in [-0.39, 0.29) is 5.41 Å². The summed E-state index contributed by atoms with van der Waals surface area (Å²) in [6.07, 6.45) is 2.24. The average molecular weight is 313 g/mol. The van der Waals surface area contributed by atoms with E-state index < -0.39 is 0 Å². The van der Waals surface area contributed by atoms with E-state index in [1.54, 1.807) is 0 Å². The molecule has 0 aromatic rings. The van der Waals surface area contributed by atoms with Crippen LogP contribution in [-0.2, 0) is 4.74 Å². The third kappa shape index (κ3) is 10.7. The first-order valence-corrected chi connectivity index (χ1v) is 8.32. The Morgan fingerprint density at radius 2 is 1.59 bits per heavy atom. The largest absolute Gasteiger partial charge is 0.497 e. The zero-order valence-corrected chi connectivity index (χ0v) is 16.6. The van der Waals surface area contributed by atoms with Gasteiger partial charge in [0.15, 0.2) is 0 Å². The molecule has 3 heteroatoms. The molecule has 0 saturated carbocycles. The van der Waals surface area contributed by atoms with Crippen LogP contribution in [0.25, 0.3) is 0 Å². The van der Waals surface area contributed by atoms with Crippen LogP contribution in [0.3, 0.4) is 0 Å². The molecule has 0 N–H and O–H groups in total. The topological polar surface area (TPSA) is 15.7 Å². The third-order valence-electron chi connectivity index (χ3n) is 4.21. The van der Waals surface area contributed by atoms with E-state index in [0.29, 0.717) is 5.92 Å². The first-order chi connectivity index (χ1) is 9.99. The number of allylic oxidation sites excluding steroid dienone is 2. The van der Waals surface area contributed by atoms with Gasteiger partial charge in [-0.25, -0.2) is 0 Å². The van der Waals surface area contributed by atoms with Crippen molar-refractivity contribution < 1.29 is 4.74 Å². The van der Waals surface area contributed by atoms with Crippen LogP contribution in [0.5, 0.6) is 0 Å². The van der Waals surface area contributed by atoms with E-state index in [0.717, 1.165) is 25.3 Å². The highest BCUT2D eigenvalue weighted by atomic mass is 16.5. The summed E-state index contributed by atoms with van der Waals surface area (Å²) >= 11 is 0. The van der Waals surface area contributed by atoms with Crippen LogP contribution in [0.1, 0.15) is 47.5 Å². The Balaban J connectivity index is 0. The van der Waals surface area contributed by atoms with E-state index in [1.807, 2.05) is 28.2 Å². The molecule has 0 fully saturated rings. The summed E-state index contributed by atoms with van der Waals surface area (Å²) in [5.41, 5.74) is 1.32. The highest BCUT2D eigenvalue weighted by Crippen LogP contribution is 2.28. The number of hydrogen-bond acceptors (Lipinski definition) is 3. The number of ether oxygens (including phenoxy) is 1. The first kappa shape index (κ1) is 23.3. The summed E-state index contributed by atoms with van der Waals surface area (Å²) in [6.45, 7) is 20.4. The summed E-state index contributed by atoms with van der Waals surface area (Å²) in [4.78, 5) is 4.18. The molecular formula is C19H40N2O. The number of nitrogens with zero attached hydrogens (tertiary/aromatic N) is 2. The standard InChI is InChI=1S/C11H23NO.C8H17N/c1-7-11(3,4)10(2)13-9-8-12(5)6;1-6-7(2)8(3)9(4)5/h2,7-9H2,1,3-6H3;7H,3,6H2,1-2,4-5H3. The minimum atomic E-state index is 0.103. The maximum absolute atomic E-state index is 5.57. The second kappa shape index (κ2) is 11.6. The quantitative estimate of drug-likeness (QED) is 0.578. The fourth-order valence-corrected chi connectivity index (χ4v) is 1.42. The van der Waals surface area contributed by atoms with Crippen molar-refractivity contribution in [3.05, 3.63) is 24.6 Å². The van der Waals surface area contributed by atoms with E-state index in [4.69, 9.17) is 4.74 Å². The van der Waals surface area contributed by atoms with Gasteiger partial charge in [-0.2, -0.15) is 0 Å². The molecule has 3 nitrogen and oxygen atoms in total. The molecule has 0 amide bonds. The SMILES string of the molecule is C=C(C(C)CC)N(C)C.C=C(OCCN(C)C)C(C)(C)CC. The van der Waals surface area contributed by atoms with Gasteiger partial charge in [-0.3, -0.25) is 0 Å². The molecule has 0 aromatic heterocycles. The van der Waals surface area contributed by atoms with Crippen LogP contribution in [-0.4, -0.2) is 51.1 Å². The molecule has 0 aliphatic carbocycles. The molecule has 0 aliphatic heterocycles. The minimum Gasteiger partial charge on any atom is -0.497 e. The minimum absolute atomic E-state index is 0.103. The van der Waals surface area contributed by atoms with Gasteiger partial charge in [0, 0.05) is 31.8 Å². The molecule has 0 aromatic carbocycles. The molecule has 1 unspecified atom stereocenters. The van der Waals surface area contributed by atoms with Gasteiger partial charge in [0.2, 0.25) is 0 Å². The smallest absolute Gasteiger partial charge is 0.100 e. The molecule has 0 bridgehead atoms. The second-order valence-electron chi connectivity index (χ2n) is 7.01. The number of rotatable bonds is 9. The lowest BCUT2D eigenvalue weighted by Gasteiger charge is -2.26. The van der Waals surface area contributed by atoms with Crippen LogP contribution in [0, 0.1) is 11.3 Å². The molecule has 22 heavy (non-hydrogen) atoms. The second-order valence-corrected chi connectivity index (χ2v) is 7.01. The fourth-order valence-electron chi connectivity index (χ4n) is 1.42. The van der Waals surface area contributed by atoms with Crippen molar-refractivity contribution in [2.45, 2.75) is 47.5 Å². The van der Waals surface area contributed by atoms with Crippen molar-refractivity contribution >= 4 is 0 Å². The van der Waals surface area contributed by atoms with Crippen molar-refractivity contribution in [2.24, 2.45) is 11.3 Å². The lowest BCUT2D eigenvalue weighted by molar-refractivity contribution is 0.127. The zero-order valence-electron chi connectivity index (χ0n) is 16.6. The van der Waals surface area contributed by atoms with Gasteiger partial charge in [0.05, 0.1) is 5.76 Å². The van der Waals surface area contributed by atoms with E-state index in [1.165, 1.54) is 12.1 Å². The van der Waals surface area contributed by atoms with Crippen LogP contribution in [0.15, 0.2) is 24.6 Å². The van der Waals surface area contributed by atoms with E-state index in [2.05, 4.69) is 57.6 Å². The normalized spacial score (nSPS) is 12.3. The average Bonchev–Trinajstić information content (AvgIpc) is 2.45. The van der Waals surface area contributed by atoms with Gasteiger partial charge < -0.3 is 14.5 Å². The highest BCUT2D eigenvalue weighted by molar-refractivity contribution is 4.97. The van der Waals surface area contributed by atoms with Gasteiger partial charge in [-0.05, 0) is 32.9 Å². The van der Waals surface area contributed by atoms with Crippen molar-refractivity contribution in [3.8, 4) is 0 Å². The Morgan fingerprint density at radius 1 is 1.09 bits per heavy atom. The maximum atomic E-state index is 5.57. The molecule has 132 valence electrons. The van der Waals surface area contributed by atoms with Crippen LogP contribution in [0.4, 0.5) is 0 Å². The Morgan fingerprint density at radius 3 is 1.86 bits per heavy atom. The zero-order chi connectivity index (χ0) is 17.9. The van der Waals surface area contributed by atoms with Crippen molar-refractivity contribution in [3.63, 3.8) is 0 Å². The lowest BCUT2D eigenvalue weighted by Crippen LogP contribution is -2.21. The summed E-state index contributed by atoms with van der Waals surface area (Å²) in [6, 6.07) is 0. The van der Waals surface area contributed by atoms with Crippen LogP contribution < -0.4 is 0 Å². The number of hydrogen-bond donors (Lipinski definition) is 0. The van der Waals surface area contributed by atoms with Crippen LogP contribution in [0.2, 0.25) is 0 Å². The van der Waals surface area contributed by atoms with Gasteiger partial charge in [-0.15, -0.1) is 0 Å².